The maximum absolute atomic E-state index is 13.1. The summed E-state index contributed by atoms with van der Waals surface area (Å²) in [6, 6.07) is 13.3. The number of ether oxygens (including phenoxy) is 2. The number of nitrogens with zero attached hydrogens (tertiary/aromatic N) is 2. The highest BCUT2D eigenvalue weighted by molar-refractivity contribution is 7.90. The number of carbonyl (C=O) groups is 1. The zero-order chi connectivity index (χ0) is 22.2. The largest absolute Gasteiger partial charge is 0.477 e. The fraction of sp³-hybridized carbons (Fsp3) is 0.273. The third kappa shape index (κ3) is 4.13. The topological polar surface area (TPSA) is 99.5 Å². The van der Waals surface area contributed by atoms with Crippen molar-refractivity contribution in [2.24, 2.45) is 7.05 Å². The van der Waals surface area contributed by atoms with Crippen molar-refractivity contribution in [3.63, 3.8) is 0 Å². The molecule has 0 saturated heterocycles. The van der Waals surface area contributed by atoms with Gasteiger partial charge in [-0.2, -0.15) is 5.10 Å². The van der Waals surface area contributed by atoms with Gasteiger partial charge in [0.2, 0.25) is 0 Å². The first-order valence-corrected chi connectivity index (χ1v) is 11.7. The van der Waals surface area contributed by atoms with Crippen LogP contribution in [-0.4, -0.2) is 36.0 Å². The van der Waals surface area contributed by atoms with E-state index in [-0.39, 0.29) is 10.8 Å². The molecule has 1 aliphatic rings. The summed E-state index contributed by atoms with van der Waals surface area (Å²) >= 11 is 0. The van der Waals surface area contributed by atoms with E-state index in [0.717, 1.165) is 11.8 Å². The van der Waals surface area contributed by atoms with Crippen LogP contribution in [0.4, 0.5) is 5.82 Å². The van der Waals surface area contributed by atoms with E-state index in [1.165, 1.54) is 12.1 Å². The van der Waals surface area contributed by atoms with Crippen molar-refractivity contribution in [3.05, 3.63) is 60.3 Å². The highest BCUT2D eigenvalue weighted by Gasteiger charge is 2.46. The van der Waals surface area contributed by atoms with Crippen LogP contribution in [0, 0.1) is 0 Å². The number of anilines is 1. The first kappa shape index (κ1) is 20.9. The van der Waals surface area contributed by atoms with E-state index < -0.39 is 15.4 Å². The number of fused-ring (bicyclic) bond motifs is 1. The van der Waals surface area contributed by atoms with E-state index >= 15 is 0 Å². The molecule has 2 aromatic carbocycles. The van der Waals surface area contributed by atoms with E-state index in [1.807, 2.05) is 6.92 Å². The molecule has 1 atom stereocenters. The summed E-state index contributed by atoms with van der Waals surface area (Å²) in [6.07, 6.45) is 3.71. The van der Waals surface area contributed by atoms with Gasteiger partial charge in [0, 0.05) is 37.6 Å². The minimum atomic E-state index is -3.28. The second kappa shape index (κ2) is 7.73. The molecule has 9 heteroatoms. The van der Waals surface area contributed by atoms with Crippen molar-refractivity contribution in [1.29, 1.82) is 0 Å². The molecule has 162 valence electrons. The maximum atomic E-state index is 13.1. The van der Waals surface area contributed by atoms with Crippen LogP contribution in [0.15, 0.2) is 59.6 Å². The number of hydrogen-bond donors (Lipinski definition) is 1. The Hall–Kier alpha value is -3.33. The molecule has 1 N–H and O–H groups in total. The van der Waals surface area contributed by atoms with Gasteiger partial charge in [-0.3, -0.25) is 9.48 Å². The number of aryl methyl sites for hydroxylation is 1. The molecule has 1 unspecified atom stereocenters. The van der Waals surface area contributed by atoms with Crippen LogP contribution in [0.3, 0.4) is 0 Å². The minimum absolute atomic E-state index is 0.220. The average molecular weight is 442 g/mol. The lowest BCUT2D eigenvalue weighted by Gasteiger charge is -2.25. The molecular formula is C22H23N3O5S. The molecule has 0 aliphatic carbocycles. The number of nitrogens with one attached hydrogen (secondary N) is 1. The third-order valence-corrected chi connectivity index (χ3v) is 6.41. The van der Waals surface area contributed by atoms with Crippen molar-refractivity contribution in [2.75, 3.05) is 11.6 Å². The predicted molar refractivity (Wildman–Crippen MR) is 115 cm³/mol. The zero-order valence-electron chi connectivity index (χ0n) is 17.5. The van der Waals surface area contributed by atoms with Crippen molar-refractivity contribution in [1.82, 2.24) is 9.78 Å². The van der Waals surface area contributed by atoms with Crippen molar-refractivity contribution in [2.45, 2.75) is 30.3 Å². The number of amides is 1. The molecular weight excluding hydrogens is 418 g/mol. The Bertz CT molecular complexity index is 1230. The second-order valence-corrected chi connectivity index (χ2v) is 9.55. The molecule has 1 aromatic heterocycles. The van der Waals surface area contributed by atoms with Crippen LogP contribution in [0.5, 0.6) is 17.2 Å². The van der Waals surface area contributed by atoms with Crippen LogP contribution < -0.4 is 14.8 Å². The first-order chi connectivity index (χ1) is 14.7. The highest BCUT2D eigenvalue weighted by Crippen LogP contribution is 2.43. The molecule has 0 fully saturated rings. The molecule has 0 spiro atoms. The predicted octanol–water partition coefficient (Wildman–Crippen LogP) is 3.34. The van der Waals surface area contributed by atoms with Gasteiger partial charge in [-0.25, -0.2) is 8.42 Å². The van der Waals surface area contributed by atoms with Crippen LogP contribution in [0.2, 0.25) is 0 Å². The molecule has 31 heavy (non-hydrogen) atoms. The Morgan fingerprint density at radius 1 is 1.23 bits per heavy atom. The number of benzene rings is 2. The normalized spacial score (nSPS) is 17.6. The van der Waals surface area contributed by atoms with Crippen molar-refractivity contribution < 1.29 is 22.7 Å². The molecule has 3 aromatic rings. The number of carbonyl (C=O) groups excluding carboxylic acids is 1. The molecule has 0 saturated carbocycles. The Kier molecular flexibility index (Phi) is 5.22. The Morgan fingerprint density at radius 3 is 2.58 bits per heavy atom. The van der Waals surface area contributed by atoms with Crippen LogP contribution in [-0.2, 0) is 28.1 Å². The number of sulfone groups is 1. The van der Waals surface area contributed by atoms with E-state index in [1.54, 1.807) is 54.3 Å². The highest BCUT2D eigenvalue weighted by atomic mass is 32.2. The molecule has 0 radical (unpaired) electrons. The Labute approximate surface area is 180 Å². The lowest BCUT2D eigenvalue weighted by molar-refractivity contribution is -0.130. The molecule has 4 rings (SSSR count). The lowest BCUT2D eigenvalue weighted by Crippen LogP contribution is -2.46. The van der Waals surface area contributed by atoms with E-state index in [2.05, 4.69) is 10.4 Å². The smallest absolute Gasteiger partial charge is 0.270 e. The van der Waals surface area contributed by atoms with Gasteiger partial charge >= 0.3 is 0 Å². The Balaban J connectivity index is 1.57. The van der Waals surface area contributed by atoms with Gasteiger partial charge in [0.1, 0.15) is 17.2 Å². The summed E-state index contributed by atoms with van der Waals surface area (Å²) < 4.78 is 37.0. The standard InChI is InChI=1S/C22H23N3O5S/c1-4-22(21(26)23-20-12-13-25(2)24-20)14-17-18(6-5-7-19(17)30-22)29-15-8-10-16(11-9-15)31(3,27)28/h5-13H,4,14H2,1-3H3,(H,23,24,26). The number of hydrogen-bond acceptors (Lipinski definition) is 6. The molecule has 2 heterocycles. The van der Waals surface area contributed by atoms with Gasteiger partial charge < -0.3 is 14.8 Å². The van der Waals surface area contributed by atoms with E-state index in [4.69, 9.17) is 9.47 Å². The van der Waals surface area contributed by atoms with Crippen molar-refractivity contribution >= 4 is 21.6 Å². The summed E-state index contributed by atoms with van der Waals surface area (Å²) in [4.78, 5) is 13.3. The second-order valence-electron chi connectivity index (χ2n) is 7.53. The van der Waals surface area contributed by atoms with E-state index in [0.29, 0.717) is 35.9 Å². The summed E-state index contributed by atoms with van der Waals surface area (Å²) in [6.45, 7) is 1.90. The number of aromatic nitrogens is 2. The van der Waals surface area contributed by atoms with Gasteiger partial charge in [-0.05, 0) is 42.8 Å². The quantitative estimate of drug-likeness (QED) is 0.630. The summed E-state index contributed by atoms with van der Waals surface area (Å²) in [5.41, 5.74) is -0.285. The van der Waals surface area contributed by atoms with Crippen LogP contribution in [0.25, 0.3) is 0 Å². The molecule has 1 aliphatic heterocycles. The summed E-state index contributed by atoms with van der Waals surface area (Å²) in [5, 5.41) is 7.02. The molecule has 1 amide bonds. The first-order valence-electron chi connectivity index (χ1n) is 9.80. The molecule has 8 nitrogen and oxygen atoms in total. The third-order valence-electron chi connectivity index (χ3n) is 5.28. The zero-order valence-corrected chi connectivity index (χ0v) is 18.3. The maximum Gasteiger partial charge on any atom is 0.270 e. The van der Waals surface area contributed by atoms with Crippen LogP contribution >= 0.6 is 0 Å². The summed E-state index contributed by atoms with van der Waals surface area (Å²) in [7, 11) is -1.50. The summed E-state index contributed by atoms with van der Waals surface area (Å²) in [5.74, 6) is 1.83. The fourth-order valence-corrected chi connectivity index (χ4v) is 4.15. The minimum Gasteiger partial charge on any atom is -0.477 e. The Morgan fingerprint density at radius 2 is 1.97 bits per heavy atom. The SMILES string of the molecule is CCC1(C(=O)Nc2ccn(C)n2)Cc2c(Oc3ccc(S(C)(=O)=O)cc3)cccc2O1. The van der Waals surface area contributed by atoms with Gasteiger partial charge in [0.25, 0.3) is 5.91 Å². The van der Waals surface area contributed by atoms with E-state index in [9.17, 15) is 13.2 Å². The number of rotatable bonds is 6. The monoisotopic (exact) mass is 441 g/mol. The average Bonchev–Trinajstić information content (AvgIpc) is 3.32. The molecule has 0 bridgehead atoms. The van der Waals surface area contributed by atoms with Crippen molar-refractivity contribution in [3.8, 4) is 17.2 Å². The van der Waals surface area contributed by atoms with Gasteiger partial charge in [-0.1, -0.05) is 13.0 Å². The van der Waals surface area contributed by atoms with Crippen LogP contribution in [0.1, 0.15) is 18.9 Å². The van der Waals surface area contributed by atoms with Gasteiger partial charge in [0.15, 0.2) is 21.3 Å². The fourth-order valence-electron chi connectivity index (χ4n) is 3.52. The van der Waals surface area contributed by atoms with Gasteiger partial charge in [-0.15, -0.1) is 0 Å². The lowest BCUT2D eigenvalue weighted by atomic mass is 9.93. The van der Waals surface area contributed by atoms with Gasteiger partial charge in [0.05, 0.1) is 4.90 Å².